The molecule has 0 aliphatic carbocycles. The first-order valence-electron chi connectivity index (χ1n) is 6.34. The molecular weight excluding hydrogens is 391 g/mol. The molecule has 0 amide bonds. The molecule has 22 heavy (non-hydrogen) atoms. The third kappa shape index (κ3) is 3.14. The van der Waals surface area contributed by atoms with E-state index >= 15 is 0 Å². The van der Waals surface area contributed by atoms with Gasteiger partial charge >= 0.3 is 5.63 Å². The van der Waals surface area contributed by atoms with Crippen molar-refractivity contribution in [1.29, 1.82) is 0 Å². The van der Waals surface area contributed by atoms with E-state index in [0.717, 1.165) is 9.86 Å². The molecule has 0 N–H and O–H groups in total. The van der Waals surface area contributed by atoms with Crippen LogP contribution in [-0.4, -0.2) is 0 Å². The Labute approximate surface area is 144 Å². The molecular formula is C16H9BrCl2O3. The monoisotopic (exact) mass is 398 g/mol. The van der Waals surface area contributed by atoms with Gasteiger partial charge in [0.05, 0.1) is 10.0 Å². The van der Waals surface area contributed by atoms with Crippen molar-refractivity contribution in [3.8, 4) is 5.75 Å². The second-order valence-corrected chi connectivity index (χ2v) is 6.30. The van der Waals surface area contributed by atoms with Crippen LogP contribution in [0.2, 0.25) is 10.0 Å². The SMILES string of the molecule is O=c1cc(COc2c(Cl)cccc2Cl)c2ccc(Br)cc2o1. The molecule has 0 bridgehead atoms. The lowest BCUT2D eigenvalue weighted by molar-refractivity contribution is 0.307. The number of fused-ring (bicyclic) bond motifs is 1. The van der Waals surface area contributed by atoms with Crippen LogP contribution in [0.4, 0.5) is 0 Å². The molecule has 0 spiro atoms. The van der Waals surface area contributed by atoms with Crippen LogP contribution in [0.3, 0.4) is 0 Å². The number of hydrogen-bond donors (Lipinski definition) is 0. The maximum absolute atomic E-state index is 11.7. The van der Waals surface area contributed by atoms with Crippen molar-refractivity contribution >= 4 is 50.1 Å². The Kier molecular flexibility index (Phi) is 4.43. The second kappa shape index (κ2) is 6.32. The van der Waals surface area contributed by atoms with Gasteiger partial charge in [-0.3, -0.25) is 0 Å². The number of ether oxygens (including phenoxy) is 1. The molecule has 1 heterocycles. The zero-order chi connectivity index (χ0) is 15.7. The molecule has 0 atom stereocenters. The maximum Gasteiger partial charge on any atom is 0.336 e. The first kappa shape index (κ1) is 15.4. The van der Waals surface area contributed by atoms with E-state index in [-0.39, 0.29) is 6.61 Å². The highest BCUT2D eigenvalue weighted by Crippen LogP contribution is 2.33. The molecule has 3 aromatic rings. The molecule has 0 radical (unpaired) electrons. The van der Waals surface area contributed by atoms with Gasteiger partial charge in [0.15, 0.2) is 5.75 Å². The van der Waals surface area contributed by atoms with E-state index in [1.165, 1.54) is 6.07 Å². The topological polar surface area (TPSA) is 39.4 Å². The predicted molar refractivity (Wildman–Crippen MR) is 91.0 cm³/mol. The van der Waals surface area contributed by atoms with Crippen LogP contribution in [0.1, 0.15) is 5.56 Å². The molecule has 0 aliphatic rings. The Hall–Kier alpha value is -1.49. The van der Waals surface area contributed by atoms with Crippen molar-refractivity contribution in [3.05, 3.63) is 73.0 Å². The third-order valence-electron chi connectivity index (χ3n) is 3.08. The van der Waals surface area contributed by atoms with Crippen LogP contribution in [-0.2, 0) is 6.61 Å². The van der Waals surface area contributed by atoms with Crippen molar-refractivity contribution in [2.75, 3.05) is 0 Å². The number of rotatable bonds is 3. The summed E-state index contributed by atoms with van der Waals surface area (Å²) >= 11 is 15.5. The van der Waals surface area contributed by atoms with Crippen molar-refractivity contribution in [2.45, 2.75) is 6.61 Å². The zero-order valence-electron chi connectivity index (χ0n) is 11.1. The molecule has 3 nitrogen and oxygen atoms in total. The summed E-state index contributed by atoms with van der Waals surface area (Å²) < 4.78 is 11.7. The van der Waals surface area contributed by atoms with Gasteiger partial charge in [-0.1, -0.05) is 45.2 Å². The van der Waals surface area contributed by atoms with Crippen LogP contribution >= 0.6 is 39.1 Å². The van der Waals surface area contributed by atoms with Crippen LogP contribution in [0.25, 0.3) is 11.0 Å². The van der Waals surface area contributed by atoms with Gasteiger partial charge in [0.25, 0.3) is 0 Å². The number of halogens is 3. The Morgan fingerprint density at radius 2 is 1.82 bits per heavy atom. The highest BCUT2D eigenvalue weighted by Gasteiger charge is 2.10. The van der Waals surface area contributed by atoms with Gasteiger partial charge in [-0.15, -0.1) is 0 Å². The first-order chi connectivity index (χ1) is 10.5. The summed E-state index contributed by atoms with van der Waals surface area (Å²) in [7, 11) is 0. The minimum atomic E-state index is -0.436. The van der Waals surface area contributed by atoms with E-state index in [2.05, 4.69) is 15.9 Å². The highest BCUT2D eigenvalue weighted by atomic mass is 79.9. The van der Waals surface area contributed by atoms with Gasteiger partial charge in [0.2, 0.25) is 0 Å². The van der Waals surface area contributed by atoms with Crippen LogP contribution < -0.4 is 10.4 Å². The van der Waals surface area contributed by atoms with E-state index in [1.807, 2.05) is 12.1 Å². The Balaban J connectivity index is 1.99. The summed E-state index contributed by atoms with van der Waals surface area (Å²) in [6.07, 6.45) is 0. The molecule has 112 valence electrons. The van der Waals surface area contributed by atoms with E-state index in [0.29, 0.717) is 26.9 Å². The van der Waals surface area contributed by atoms with E-state index in [9.17, 15) is 4.79 Å². The summed E-state index contributed by atoms with van der Waals surface area (Å²) in [5.74, 6) is 0.393. The average molecular weight is 400 g/mol. The van der Waals surface area contributed by atoms with Crippen molar-refractivity contribution in [1.82, 2.24) is 0 Å². The lowest BCUT2D eigenvalue weighted by Gasteiger charge is -2.11. The molecule has 0 fully saturated rings. The molecule has 0 aliphatic heterocycles. The minimum Gasteiger partial charge on any atom is -0.486 e. The van der Waals surface area contributed by atoms with Gasteiger partial charge in [-0.2, -0.15) is 0 Å². The predicted octanol–water partition coefficient (Wildman–Crippen LogP) is 5.44. The van der Waals surface area contributed by atoms with Gasteiger partial charge in [-0.05, 0) is 30.3 Å². The Morgan fingerprint density at radius 3 is 2.55 bits per heavy atom. The summed E-state index contributed by atoms with van der Waals surface area (Å²) in [5, 5.41) is 1.64. The normalized spacial score (nSPS) is 10.9. The molecule has 6 heteroatoms. The maximum atomic E-state index is 11.7. The Morgan fingerprint density at radius 1 is 1.09 bits per heavy atom. The average Bonchev–Trinajstić information content (AvgIpc) is 2.45. The summed E-state index contributed by atoms with van der Waals surface area (Å²) in [6, 6.07) is 12.0. The lowest BCUT2D eigenvalue weighted by atomic mass is 10.1. The van der Waals surface area contributed by atoms with E-state index in [4.69, 9.17) is 32.4 Å². The fourth-order valence-electron chi connectivity index (χ4n) is 2.09. The lowest BCUT2D eigenvalue weighted by Crippen LogP contribution is -2.04. The minimum absolute atomic E-state index is 0.160. The van der Waals surface area contributed by atoms with Crippen molar-refractivity contribution in [3.63, 3.8) is 0 Å². The quantitative estimate of drug-likeness (QED) is 0.550. The number of hydrogen-bond acceptors (Lipinski definition) is 3. The van der Waals surface area contributed by atoms with Gasteiger partial charge in [0, 0.05) is 21.5 Å². The first-order valence-corrected chi connectivity index (χ1v) is 7.88. The van der Waals surface area contributed by atoms with Gasteiger partial charge in [0.1, 0.15) is 12.2 Å². The summed E-state index contributed by atoms with van der Waals surface area (Å²) in [6.45, 7) is 0.160. The molecule has 0 saturated heterocycles. The fraction of sp³-hybridized carbons (Fsp3) is 0.0625. The summed E-state index contributed by atoms with van der Waals surface area (Å²) in [4.78, 5) is 11.7. The van der Waals surface area contributed by atoms with E-state index in [1.54, 1.807) is 24.3 Å². The van der Waals surface area contributed by atoms with Gasteiger partial charge in [-0.25, -0.2) is 4.79 Å². The van der Waals surface area contributed by atoms with Crippen LogP contribution in [0, 0.1) is 0 Å². The third-order valence-corrected chi connectivity index (χ3v) is 4.17. The molecule has 3 rings (SSSR count). The molecule has 0 saturated carbocycles. The zero-order valence-corrected chi connectivity index (χ0v) is 14.2. The van der Waals surface area contributed by atoms with Crippen LogP contribution in [0.5, 0.6) is 5.75 Å². The van der Waals surface area contributed by atoms with E-state index < -0.39 is 5.63 Å². The number of benzene rings is 2. The highest BCUT2D eigenvalue weighted by molar-refractivity contribution is 9.10. The van der Waals surface area contributed by atoms with Gasteiger partial charge < -0.3 is 9.15 Å². The largest absolute Gasteiger partial charge is 0.486 e. The van der Waals surface area contributed by atoms with Crippen molar-refractivity contribution < 1.29 is 9.15 Å². The molecule has 0 unspecified atom stereocenters. The van der Waals surface area contributed by atoms with Crippen molar-refractivity contribution in [2.24, 2.45) is 0 Å². The molecule has 1 aromatic heterocycles. The second-order valence-electron chi connectivity index (χ2n) is 4.57. The summed E-state index contributed by atoms with van der Waals surface area (Å²) in [5.41, 5.74) is 0.759. The molecule has 2 aromatic carbocycles. The number of para-hydroxylation sites is 1. The standard InChI is InChI=1S/C16H9BrCl2O3/c17-10-4-5-11-9(6-15(20)22-14(11)7-10)8-21-16-12(18)2-1-3-13(16)19/h1-7H,8H2. The fourth-order valence-corrected chi connectivity index (χ4v) is 2.94. The smallest absolute Gasteiger partial charge is 0.336 e. The van der Waals surface area contributed by atoms with Crippen LogP contribution in [0.15, 0.2) is 56.1 Å². The Bertz CT molecular complexity index is 885.